The monoisotopic (exact) mass is 417 g/mol. The van der Waals surface area contributed by atoms with Crippen molar-refractivity contribution < 1.29 is 17.9 Å². The predicted molar refractivity (Wildman–Crippen MR) is 115 cm³/mol. The van der Waals surface area contributed by atoms with Gasteiger partial charge in [0.2, 0.25) is 15.9 Å². The number of nitrogens with one attached hydrogen (secondary N) is 1. The summed E-state index contributed by atoms with van der Waals surface area (Å²) in [7, 11) is -2.17. The molecule has 1 amide bonds. The molecule has 1 aliphatic heterocycles. The van der Waals surface area contributed by atoms with Crippen molar-refractivity contribution in [2.24, 2.45) is 0 Å². The number of hydrogen-bond acceptors (Lipinski definition) is 5. The van der Waals surface area contributed by atoms with Crippen LogP contribution in [0, 0.1) is 0 Å². The number of sulfonamides is 1. The number of para-hydroxylation sites is 3. The van der Waals surface area contributed by atoms with Crippen LogP contribution in [0.25, 0.3) is 0 Å². The maximum atomic E-state index is 12.4. The van der Waals surface area contributed by atoms with Gasteiger partial charge in [-0.15, -0.1) is 0 Å². The third-order valence-electron chi connectivity index (χ3n) is 4.95. The fourth-order valence-corrected chi connectivity index (χ4v) is 4.40. The van der Waals surface area contributed by atoms with Crippen molar-refractivity contribution in [3.63, 3.8) is 0 Å². The second-order valence-corrected chi connectivity index (χ2v) is 8.92. The molecule has 29 heavy (non-hydrogen) atoms. The van der Waals surface area contributed by atoms with Crippen molar-refractivity contribution in [3.8, 4) is 5.75 Å². The first-order valence-corrected chi connectivity index (χ1v) is 11.5. The Hall–Kier alpha value is -2.74. The molecular formula is C21H27N3O4S. The molecule has 2 aromatic carbocycles. The quantitative estimate of drug-likeness (QED) is 0.632. The summed E-state index contributed by atoms with van der Waals surface area (Å²) in [4.78, 5) is 14.7. The fourth-order valence-electron chi connectivity index (χ4n) is 3.54. The van der Waals surface area contributed by atoms with Gasteiger partial charge in [-0.05, 0) is 36.6 Å². The summed E-state index contributed by atoms with van der Waals surface area (Å²) in [6, 6.07) is 15.1. The number of fused-ring (bicyclic) bond motifs is 1. The zero-order chi connectivity index (χ0) is 20.9. The lowest BCUT2D eigenvalue weighted by Gasteiger charge is -2.24. The highest BCUT2D eigenvalue weighted by atomic mass is 32.2. The average Bonchev–Trinajstić information content (AvgIpc) is 3.12. The molecule has 0 atom stereocenters. The second-order valence-electron chi connectivity index (χ2n) is 7.01. The summed E-state index contributed by atoms with van der Waals surface area (Å²) in [6.07, 6.45) is 2.91. The van der Waals surface area contributed by atoms with Crippen molar-refractivity contribution in [1.82, 2.24) is 5.32 Å². The molecule has 1 heterocycles. The first-order valence-electron chi connectivity index (χ1n) is 9.60. The molecule has 0 aliphatic carbocycles. The normalized spacial score (nSPS) is 13.1. The number of rotatable bonds is 9. The fraction of sp³-hybridized carbons (Fsp3) is 0.381. The third kappa shape index (κ3) is 5.20. The van der Waals surface area contributed by atoms with Crippen LogP contribution in [0.1, 0.15) is 12.0 Å². The zero-order valence-corrected chi connectivity index (χ0v) is 17.6. The van der Waals surface area contributed by atoms with Gasteiger partial charge in [0, 0.05) is 25.3 Å². The van der Waals surface area contributed by atoms with Gasteiger partial charge >= 0.3 is 0 Å². The Labute approximate surface area is 172 Å². The summed E-state index contributed by atoms with van der Waals surface area (Å²) in [5.74, 6) is 0.0570. The molecule has 1 N–H and O–H groups in total. The molecule has 0 unspecified atom stereocenters. The average molecular weight is 418 g/mol. The summed E-state index contributed by atoms with van der Waals surface area (Å²) < 4.78 is 30.8. The van der Waals surface area contributed by atoms with Crippen LogP contribution in [-0.2, 0) is 21.2 Å². The van der Waals surface area contributed by atoms with Gasteiger partial charge in [-0.2, -0.15) is 0 Å². The van der Waals surface area contributed by atoms with E-state index >= 15 is 0 Å². The van der Waals surface area contributed by atoms with Gasteiger partial charge in [-0.25, -0.2) is 8.42 Å². The zero-order valence-electron chi connectivity index (χ0n) is 16.8. The van der Waals surface area contributed by atoms with Crippen LogP contribution in [-0.4, -0.2) is 53.9 Å². The lowest BCUT2D eigenvalue weighted by atomic mass is 10.2. The molecular weight excluding hydrogens is 390 g/mol. The van der Waals surface area contributed by atoms with E-state index < -0.39 is 10.0 Å². The Morgan fingerprint density at radius 3 is 2.66 bits per heavy atom. The largest absolute Gasteiger partial charge is 0.495 e. The van der Waals surface area contributed by atoms with Gasteiger partial charge in [-0.3, -0.25) is 9.10 Å². The highest BCUT2D eigenvalue weighted by Gasteiger charge is 2.23. The second kappa shape index (κ2) is 9.17. The Balaban J connectivity index is 1.53. The number of carbonyl (C=O) groups excluding carboxylic acids is 1. The van der Waals surface area contributed by atoms with Crippen LogP contribution in [0.2, 0.25) is 0 Å². The van der Waals surface area contributed by atoms with Crippen molar-refractivity contribution in [1.29, 1.82) is 0 Å². The summed E-state index contributed by atoms with van der Waals surface area (Å²) in [5, 5.41) is 2.83. The number of hydrogen-bond donors (Lipinski definition) is 1. The third-order valence-corrected chi connectivity index (χ3v) is 6.08. The molecule has 7 nitrogen and oxygen atoms in total. The van der Waals surface area contributed by atoms with E-state index in [1.54, 1.807) is 24.3 Å². The van der Waals surface area contributed by atoms with Crippen LogP contribution in [0.15, 0.2) is 48.5 Å². The van der Waals surface area contributed by atoms with E-state index in [-0.39, 0.29) is 12.5 Å². The minimum absolute atomic E-state index is 0.286. The van der Waals surface area contributed by atoms with Crippen LogP contribution in [0.4, 0.5) is 11.4 Å². The highest BCUT2D eigenvalue weighted by Crippen LogP contribution is 2.29. The van der Waals surface area contributed by atoms with Crippen LogP contribution >= 0.6 is 0 Å². The van der Waals surface area contributed by atoms with E-state index in [4.69, 9.17) is 4.74 Å². The molecule has 2 aromatic rings. The molecule has 8 heteroatoms. The van der Waals surface area contributed by atoms with Crippen molar-refractivity contribution in [2.75, 3.05) is 48.7 Å². The van der Waals surface area contributed by atoms with Gasteiger partial charge in [0.1, 0.15) is 12.3 Å². The lowest BCUT2D eigenvalue weighted by Crippen LogP contribution is -2.41. The van der Waals surface area contributed by atoms with Crippen molar-refractivity contribution >= 4 is 27.3 Å². The van der Waals surface area contributed by atoms with Gasteiger partial charge in [0.25, 0.3) is 0 Å². The number of benzene rings is 2. The number of amides is 1. The Bertz CT molecular complexity index is 962. The minimum atomic E-state index is -3.64. The van der Waals surface area contributed by atoms with Crippen LogP contribution < -0.4 is 19.3 Å². The maximum absolute atomic E-state index is 12.4. The molecule has 0 radical (unpaired) electrons. The Morgan fingerprint density at radius 2 is 1.90 bits per heavy atom. The standard InChI is InChI=1S/C21H27N3O4S/c1-28-20-11-6-5-10-19(20)24(29(2,26)27)16-21(25)22-13-7-14-23-15-12-17-8-3-4-9-18(17)23/h3-6,8-11H,7,12-16H2,1-2H3,(H,22,25). The molecule has 0 saturated heterocycles. The summed E-state index contributed by atoms with van der Waals surface area (Å²) in [5.41, 5.74) is 2.97. The van der Waals surface area contributed by atoms with E-state index in [1.165, 1.54) is 18.4 Å². The maximum Gasteiger partial charge on any atom is 0.240 e. The molecule has 0 fully saturated rings. The summed E-state index contributed by atoms with van der Waals surface area (Å²) >= 11 is 0. The van der Waals surface area contributed by atoms with E-state index in [2.05, 4.69) is 28.4 Å². The molecule has 0 spiro atoms. The van der Waals surface area contributed by atoms with Crippen LogP contribution in [0.5, 0.6) is 5.75 Å². The van der Waals surface area contributed by atoms with Crippen molar-refractivity contribution in [2.45, 2.75) is 12.8 Å². The molecule has 156 valence electrons. The summed E-state index contributed by atoms with van der Waals surface area (Å²) in [6.45, 7) is 2.04. The van der Waals surface area contributed by atoms with Gasteiger partial charge in [0.05, 0.1) is 19.1 Å². The number of anilines is 2. The van der Waals surface area contributed by atoms with Crippen molar-refractivity contribution in [3.05, 3.63) is 54.1 Å². The van der Waals surface area contributed by atoms with Gasteiger partial charge in [0.15, 0.2) is 0 Å². The topological polar surface area (TPSA) is 79.0 Å². The minimum Gasteiger partial charge on any atom is -0.495 e. The van der Waals surface area contributed by atoms with Crippen LogP contribution in [0.3, 0.4) is 0 Å². The van der Waals surface area contributed by atoms with Gasteiger partial charge < -0.3 is 15.0 Å². The SMILES string of the molecule is COc1ccccc1N(CC(=O)NCCCN1CCc2ccccc21)S(C)(=O)=O. The van der Waals surface area contributed by atoms with E-state index in [9.17, 15) is 13.2 Å². The predicted octanol–water partition coefficient (Wildman–Crippen LogP) is 2.03. The molecule has 0 bridgehead atoms. The number of methoxy groups -OCH3 is 1. The number of nitrogens with zero attached hydrogens (tertiary/aromatic N) is 2. The molecule has 0 aromatic heterocycles. The Morgan fingerprint density at radius 1 is 1.17 bits per heavy atom. The molecule has 1 aliphatic rings. The molecule has 0 saturated carbocycles. The van der Waals surface area contributed by atoms with E-state index in [0.717, 1.165) is 36.5 Å². The van der Waals surface area contributed by atoms with E-state index in [0.29, 0.717) is 18.0 Å². The van der Waals surface area contributed by atoms with E-state index in [1.807, 2.05) is 6.07 Å². The Kier molecular flexibility index (Phi) is 6.64. The molecule has 3 rings (SSSR count). The number of carbonyl (C=O) groups is 1. The lowest BCUT2D eigenvalue weighted by molar-refractivity contribution is -0.119. The smallest absolute Gasteiger partial charge is 0.240 e. The first kappa shape index (κ1) is 21.0. The van der Waals surface area contributed by atoms with Gasteiger partial charge in [-0.1, -0.05) is 30.3 Å². The first-order chi connectivity index (χ1) is 13.9. The number of ether oxygens (including phenoxy) is 1. The highest BCUT2D eigenvalue weighted by molar-refractivity contribution is 7.92.